The van der Waals surface area contributed by atoms with Crippen LogP contribution in [0.15, 0.2) is 97.1 Å². The largest absolute Gasteiger partial charge is 0.392 e. The number of rotatable bonds is 8. The van der Waals surface area contributed by atoms with Crippen molar-refractivity contribution in [3.05, 3.63) is 130 Å². The lowest BCUT2D eigenvalue weighted by atomic mass is 9.84. The van der Waals surface area contributed by atoms with Gasteiger partial charge in [-0.1, -0.05) is 96.5 Å². The summed E-state index contributed by atoms with van der Waals surface area (Å²) in [6.45, 7) is 2.80. The van der Waals surface area contributed by atoms with Crippen LogP contribution in [0.4, 0.5) is 0 Å². The first-order valence-electron chi connectivity index (χ1n) is 15.0. The molecule has 2 heterocycles. The average Bonchev–Trinajstić information content (AvgIpc) is 3.06. The predicted molar refractivity (Wildman–Crippen MR) is 169 cm³/mol. The van der Waals surface area contributed by atoms with Gasteiger partial charge in [0, 0.05) is 43.2 Å². The summed E-state index contributed by atoms with van der Waals surface area (Å²) in [5, 5.41) is 21.6. The molecule has 6 nitrogen and oxygen atoms in total. The second-order valence-electron chi connectivity index (χ2n) is 11.7. The maximum atomic E-state index is 11.4. The highest BCUT2D eigenvalue weighted by Gasteiger charge is 2.37. The highest BCUT2D eigenvalue weighted by atomic mass is 35.5. The van der Waals surface area contributed by atoms with Crippen LogP contribution in [0.3, 0.4) is 0 Å². The number of nitrogens with two attached hydrogens (primary N) is 1. The van der Waals surface area contributed by atoms with Gasteiger partial charge in [-0.05, 0) is 58.4 Å². The number of aliphatic hydroxyl groups excluding tert-OH is 1. The number of ether oxygens (including phenoxy) is 2. The smallest absolute Gasteiger partial charge is 0.184 e. The van der Waals surface area contributed by atoms with Crippen molar-refractivity contribution in [3.8, 4) is 11.1 Å². The first-order valence-corrected chi connectivity index (χ1v) is 15.4. The van der Waals surface area contributed by atoms with Crippen LogP contribution in [0, 0.1) is 0 Å². The summed E-state index contributed by atoms with van der Waals surface area (Å²) in [6, 6.07) is 32.1. The first-order chi connectivity index (χ1) is 20.9. The van der Waals surface area contributed by atoms with Gasteiger partial charge in [-0.3, -0.25) is 0 Å². The normalized spacial score (nSPS) is 22.4. The minimum absolute atomic E-state index is 0.0110. The van der Waals surface area contributed by atoms with Gasteiger partial charge in [0.25, 0.3) is 0 Å². The predicted octanol–water partition coefficient (Wildman–Crippen LogP) is 6.49. The van der Waals surface area contributed by atoms with Crippen molar-refractivity contribution in [1.29, 1.82) is 0 Å². The first kappa shape index (κ1) is 30.0. The van der Waals surface area contributed by atoms with Crippen LogP contribution in [0.5, 0.6) is 0 Å². The molecular formula is C36H39ClN2O4. The van der Waals surface area contributed by atoms with Crippen LogP contribution in [0.1, 0.15) is 59.5 Å². The van der Waals surface area contributed by atoms with E-state index in [4.69, 9.17) is 26.8 Å². The lowest BCUT2D eigenvalue weighted by Gasteiger charge is -2.42. The van der Waals surface area contributed by atoms with E-state index in [-0.39, 0.29) is 18.8 Å². The van der Waals surface area contributed by atoms with Crippen LogP contribution < -0.4 is 5.73 Å². The second-order valence-corrected chi connectivity index (χ2v) is 12.1. The summed E-state index contributed by atoms with van der Waals surface area (Å²) in [5.74, 6) is 0. The number of likely N-dealkylation sites (tertiary alicyclic amines) is 1. The molecule has 0 bridgehead atoms. The highest BCUT2D eigenvalue weighted by Crippen LogP contribution is 2.40. The van der Waals surface area contributed by atoms with Gasteiger partial charge in [-0.15, -0.1) is 0 Å². The molecule has 0 amide bonds. The third-order valence-electron chi connectivity index (χ3n) is 8.87. The molecule has 2 aliphatic rings. The lowest BCUT2D eigenvalue weighted by molar-refractivity contribution is -0.253. The Kier molecular flexibility index (Phi) is 9.26. The van der Waals surface area contributed by atoms with E-state index in [9.17, 15) is 10.2 Å². The number of hydrogen-bond acceptors (Lipinski definition) is 6. The Labute approximate surface area is 258 Å². The zero-order valence-corrected chi connectivity index (χ0v) is 25.0. The molecule has 4 aromatic rings. The van der Waals surface area contributed by atoms with Crippen LogP contribution >= 0.6 is 11.6 Å². The summed E-state index contributed by atoms with van der Waals surface area (Å²) in [7, 11) is 0. The molecule has 0 aliphatic carbocycles. The topological polar surface area (TPSA) is 88.2 Å². The maximum Gasteiger partial charge on any atom is 0.184 e. The molecule has 0 radical (unpaired) electrons. The SMILES string of the molecule is NCc1ccccc1-c1ccc(C2OC(CN3CCC(O)(c4ccc(Cl)cc4)CC3)CC(c3ccc(CO)cc3)O2)cc1. The minimum Gasteiger partial charge on any atom is -0.392 e. The number of piperidine rings is 1. The number of halogens is 1. The van der Waals surface area contributed by atoms with E-state index in [2.05, 4.69) is 41.3 Å². The molecular weight excluding hydrogens is 560 g/mol. The number of nitrogens with zero attached hydrogens (tertiary/aromatic N) is 1. The van der Waals surface area contributed by atoms with Gasteiger partial charge in [0.1, 0.15) is 0 Å². The van der Waals surface area contributed by atoms with E-state index in [1.165, 1.54) is 0 Å². The van der Waals surface area contributed by atoms with Crippen molar-refractivity contribution in [2.24, 2.45) is 5.73 Å². The van der Waals surface area contributed by atoms with Crippen LogP contribution in [0.25, 0.3) is 11.1 Å². The van der Waals surface area contributed by atoms with Gasteiger partial charge in [0.15, 0.2) is 6.29 Å². The standard InChI is InChI=1S/C36H39ClN2O4/c37-31-15-13-30(14-16-31)36(41)17-19-39(20-18-36)23-32-21-34(27-7-5-25(24-40)6-8-27)43-35(42-32)28-11-9-26(10-12-28)33-4-2-1-3-29(33)22-38/h1-16,32,34-35,40-41H,17-24,38H2. The molecule has 3 unspecified atom stereocenters. The Morgan fingerprint density at radius 2 is 1.51 bits per heavy atom. The van der Waals surface area contributed by atoms with Crippen molar-refractivity contribution in [2.75, 3.05) is 19.6 Å². The molecule has 0 aromatic heterocycles. The van der Waals surface area contributed by atoms with E-state index in [0.29, 0.717) is 24.4 Å². The number of benzene rings is 4. The van der Waals surface area contributed by atoms with Gasteiger partial charge < -0.3 is 30.3 Å². The Hall–Kier alpha value is -3.07. The average molecular weight is 599 g/mol. The minimum atomic E-state index is -0.846. The molecule has 224 valence electrons. The van der Waals surface area contributed by atoms with Crippen LogP contribution in [0.2, 0.25) is 5.02 Å². The lowest BCUT2D eigenvalue weighted by Crippen LogP contribution is -2.46. The molecule has 3 atom stereocenters. The highest BCUT2D eigenvalue weighted by molar-refractivity contribution is 6.30. The Morgan fingerprint density at radius 1 is 0.837 bits per heavy atom. The fraction of sp³-hybridized carbons (Fsp3) is 0.333. The van der Waals surface area contributed by atoms with Gasteiger partial charge in [-0.25, -0.2) is 0 Å². The van der Waals surface area contributed by atoms with Crippen molar-refractivity contribution < 1.29 is 19.7 Å². The van der Waals surface area contributed by atoms with Crippen molar-refractivity contribution in [2.45, 2.75) is 56.5 Å². The quantitative estimate of drug-likeness (QED) is 0.215. The van der Waals surface area contributed by atoms with E-state index in [1.54, 1.807) is 0 Å². The molecule has 2 saturated heterocycles. The Bertz CT molecular complexity index is 1490. The third kappa shape index (κ3) is 6.87. The summed E-state index contributed by atoms with van der Waals surface area (Å²) in [5.41, 5.74) is 12.3. The zero-order chi connectivity index (χ0) is 29.8. The maximum absolute atomic E-state index is 11.4. The summed E-state index contributed by atoms with van der Waals surface area (Å²) >= 11 is 6.07. The van der Waals surface area contributed by atoms with Crippen molar-refractivity contribution in [1.82, 2.24) is 4.90 Å². The molecule has 43 heavy (non-hydrogen) atoms. The molecule has 0 spiro atoms. The van der Waals surface area contributed by atoms with Crippen molar-refractivity contribution in [3.63, 3.8) is 0 Å². The summed E-state index contributed by atoms with van der Waals surface area (Å²) < 4.78 is 13.2. The molecule has 6 rings (SSSR count). The molecule has 0 saturated carbocycles. The molecule has 2 fully saturated rings. The number of aliphatic hydroxyl groups is 2. The summed E-state index contributed by atoms with van der Waals surface area (Å²) in [4.78, 5) is 2.39. The Morgan fingerprint density at radius 3 is 2.19 bits per heavy atom. The fourth-order valence-electron chi connectivity index (χ4n) is 6.28. The van der Waals surface area contributed by atoms with Gasteiger partial charge in [0.05, 0.1) is 24.4 Å². The zero-order valence-electron chi connectivity index (χ0n) is 24.2. The monoisotopic (exact) mass is 598 g/mol. The van der Waals surface area contributed by atoms with Crippen molar-refractivity contribution >= 4 is 11.6 Å². The van der Waals surface area contributed by atoms with E-state index < -0.39 is 11.9 Å². The van der Waals surface area contributed by atoms with Gasteiger partial charge >= 0.3 is 0 Å². The molecule has 4 aromatic carbocycles. The third-order valence-corrected chi connectivity index (χ3v) is 9.12. The van der Waals surface area contributed by atoms with E-state index in [1.807, 2.05) is 60.7 Å². The molecule has 2 aliphatic heterocycles. The molecule has 4 N–H and O–H groups in total. The number of hydrogen-bond donors (Lipinski definition) is 3. The van der Waals surface area contributed by atoms with E-state index in [0.717, 1.165) is 65.0 Å². The summed E-state index contributed by atoms with van der Waals surface area (Å²) in [6.07, 6.45) is 1.30. The van der Waals surface area contributed by atoms with E-state index >= 15 is 0 Å². The Balaban J connectivity index is 1.18. The van der Waals surface area contributed by atoms with Crippen LogP contribution in [-0.4, -0.2) is 40.9 Å². The van der Waals surface area contributed by atoms with Crippen LogP contribution in [-0.2, 0) is 28.2 Å². The fourth-order valence-corrected chi connectivity index (χ4v) is 6.40. The molecule has 7 heteroatoms. The van der Waals surface area contributed by atoms with Gasteiger partial charge in [0.2, 0.25) is 0 Å². The second kappa shape index (κ2) is 13.3. The van der Waals surface area contributed by atoms with Gasteiger partial charge in [-0.2, -0.15) is 0 Å².